The van der Waals surface area contributed by atoms with Gasteiger partial charge in [0.05, 0.1) is 19.3 Å². The zero-order chi connectivity index (χ0) is 19.2. The van der Waals surface area contributed by atoms with E-state index in [4.69, 9.17) is 13.9 Å². The zero-order valence-corrected chi connectivity index (χ0v) is 14.8. The van der Waals surface area contributed by atoms with Crippen LogP contribution in [0.15, 0.2) is 52.9 Å². The highest BCUT2D eigenvalue weighted by molar-refractivity contribution is 6.01. The van der Waals surface area contributed by atoms with Crippen molar-refractivity contribution < 1.29 is 23.5 Å². The number of nitrogens with zero attached hydrogens (tertiary/aromatic N) is 2. The van der Waals surface area contributed by atoms with Gasteiger partial charge in [-0.15, -0.1) is 10.2 Å². The van der Waals surface area contributed by atoms with E-state index in [-0.39, 0.29) is 11.8 Å². The van der Waals surface area contributed by atoms with Gasteiger partial charge in [0.15, 0.2) is 0 Å². The number of ether oxygens (including phenoxy) is 2. The Morgan fingerprint density at radius 2 is 1.74 bits per heavy atom. The van der Waals surface area contributed by atoms with E-state index in [2.05, 4.69) is 15.5 Å². The molecule has 0 saturated carbocycles. The van der Waals surface area contributed by atoms with Crippen LogP contribution >= 0.6 is 0 Å². The fraction of sp³-hybridized carbons (Fsp3) is 0.158. The summed E-state index contributed by atoms with van der Waals surface area (Å²) < 4.78 is 15.4. The van der Waals surface area contributed by atoms with Gasteiger partial charge in [0.25, 0.3) is 0 Å². The van der Waals surface area contributed by atoms with Crippen molar-refractivity contribution in [2.24, 2.45) is 0 Å². The van der Waals surface area contributed by atoms with Gasteiger partial charge in [-0.05, 0) is 55.5 Å². The summed E-state index contributed by atoms with van der Waals surface area (Å²) in [5.41, 5.74) is 1.55. The first-order valence-corrected chi connectivity index (χ1v) is 8.17. The third-order valence-corrected chi connectivity index (χ3v) is 3.61. The van der Waals surface area contributed by atoms with Gasteiger partial charge >= 0.3 is 17.8 Å². The summed E-state index contributed by atoms with van der Waals surface area (Å²) in [6, 6.07) is 13.3. The number of carbonyl (C=O) groups excluding carboxylic acids is 2. The summed E-state index contributed by atoms with van der Waals surface area (Å²) in [7, 11) is 1.57. The molecule has 0 spiro atoms. The fourth-order valence-corrected chi connectivity index (χ4v) is 2.25. The highest BCUT2D eigenvalue weighted by atomic mass is 16.5. The van der Waals surface area contributed by atoms with Crippen molar-refractivity contribution in [1.29, 1.82) is 0 Å². The predicted molar refractivity (Wildman–Crippen MR) is 96.6 cm³/mol. The Labute approximate surface area is 155 Å². The van der Waals surface area contributed by atoms with Crippen molar-refractivity contribution in [3.63, 3.8) is 0 Å². The largest absolute Gasteiger partial charge is 0.497 e. The molecule has 0 aliphatic rings. The lowest BCUT2D eigenvalue weighted by Crippen LogP contribution is -2.12. The second-order valence-electron chi connectivity index (χ2n) is 5.39. The highest BCUT2D eigenvalue weighted by Gasteiger charge is 2.16. The van der Waals surface area contributed by atoms with Crippen LogP contribution in [0, 0.1) is 0 Å². The van der Waals surface area contributed by atoms with E-state index in [0.29, 0.717) is 29.2 Å². The lowest BCUT2D eigenvalue weighted by atomic mass is 10.2. The van der Waals surface area contributed by atoms with Gasteiger partial charge < -0.3 is 19.2 Å². The van der Waals surface area contributed by atoms with Crippen LogP contribution in [0.2, 0.25) is 0 Å². The molecular weight excluding hydrogens is 350 g/mol. The lowest BCUT2D eigenvalue weighted by molar-refractivity contribution is 0.0526. The van der Waals surface area contributed by atoms with Gasteiger partial charge in [0.2, 0.25) is 5.89 Å². The number of hydrogen-bond donors (Lipinski definition) is 1. The molecule has 1 aromatic heterocycles. The van der Waals surface area contributed by atoms with Crippen LogP contribution < -0.4 is 10.1 Å². The molecule has 0 aliphatic carbocycles. The minimum atomic E-state index is -0.550. The number of esters is 1. The fourth-order valence-electron chi connectivity index (χ4n) is 2.25. The summed E-state index contributed by atoms with van der Waals surface area (Å²) in [5.74, 6) is -0.221. The number of methoxy groups -OCH3 is 1. The van der Waals surface area contributed by atoms with Crippen LogP contribution in [0.1, 0.15) is 28.0 Å². The van der Waals surface area contributed by atoms with Crippen LogP contribution in [-0.4, -0.2) is 35.8 Å². The maximum Gasteiger partial charge on any atom is 0.338 e. The molecule has 3 aromatic rings. The van der Waals surface area contributed by atoms with Crippen molar-refractivity contribution in [3.8, 4) is 17.2 Å². The Balaban J connectivity index is 1.68. The molecule has 0 unspecified atom stereocenters. The Hall–Kier alpha value is -3.68. The molecule has 0 fully saturated rings. The smallest absolute Gasteiger partial charge is 0.338 e. The van der Waals surface area contributed by atoms with E-state index in [0.717, 1.165) is 0 Å². The van der Waals surface area contributed by atoms with Crippen molar-refractivity contribution in [3.05, 3.63) is 60.0 Å². The molecule has 0 saturated heterocycles. The van der Waals surface area contributed by atoms with Crippen LogP contribution in [0.5, 0.6) is 5.75 Å². The van der Waals surface area contributed by atoms with E-state index in [1.54, 1.807) is 62.6 Å². The second-order valence-corrected chi connectivity index (χ2v) is 5.39. The lowest BCUT2D eigenvalue weighted by Gasteiger charge is -2.04. The summed E-state index contributed by atoms with van der Waals surface area (Å²) in [5, 5.41) is 10.3. The van der Waals surface area contributed by atoms with Crippen LogP contribution in [-0.2, 0) is 4.74 Å². The number of aromatic nitrogens is 2. The van der Waals surface area contributed by atoms with Crippen molar-refractivity contribution in [2.45, 2.75) is 6.92 Å². The minimum Gasteiger partial charge on any atom is -0.497 e. The predicted octanol–water partition coefficient (Wildman–Crippen LogP) is 3.17. The topological polar surface area (TPSA) is 104 Å². The molecule has 0 aliphatic heterocycles. The van der Waals surface area contributed by atoms with Gasteiger partial charge in [-0.25, -0.2) is 4.79 Å². The van der Waals surface area contributed by atoms with Gasteiger partial charge in [-0.1, -0.05) is 0 Å². The van der Waals surface area contributed by atoms with Gasteiger partial charge in [0, 0.05) is 11.3 Å². The molecule has 0 bridgehead atoms. The van der Waals surface area contributed by atoms with Crippen molar-refractivity contribution in [1.82, 2.24) is 10.2 Å². The SMILES string of the molecule is CCOC(=O)c1ccc(NC(=O)c2nnc(-c3ccc(OC)cc3)o2)cc1. The molecule has 0 atom stereocenters. The first-order valence-electron chi connectivity index (χ1n) is 8.17. The van der Waals surface area contributed by atoms with E-state index in [9.17, 15) is 9.59 Å². The van der Waals surface area contributed by atoms with Crippen molar-refractivity contribution in [2.75, 3.05) is 19.0 Å². The standard InChI is InChI=1S/C19H17N3O5/c1-3-26-19(24)13-4-8-14(9-5-13)20-16(23)18-22-21-17(27-18)12-6-10-15(25-2)11-7-12/h4-11H,3H2,1-2H3,(H,20,23). The Morgan fingerprint density at radius 1 is 1.04 bits per heavy atom. The summed E-state index contributed by atoms with van der Waals surface area (Å²) in [6.07, 6.45) is 0. The van der Waals surface area contributed by atoms with Crippen molar-refractivity contribution >= 4 is 17.6 Å². The second kappa shape index (κ2) is 8.13. The van der Waals surface area contributed by atoms with Gasteiger partial charge in [0.1, 0.15) is 5.75 Å². The number of hydrogen-bond acceptors (Lipinski definition) is 7. The van der Waals surface area contributed by atoms with Crippen LogP contribution in [0.4, 0.5) is 5.69 Å². The number of nitrogens with one attached hydrogen (secondary N) is 1. The number of carbonyl (C=O) groups is 2. The molecule has 2 aromatic carbocycles. The molecule has 1 N–H and O–H groups in total. The third-order valence-electron chi connectivity index (χ3n) is 3.61. The quantitative estimate of drug-likeness (QED) is 0.667. The van der Waals surface area contributed by atoms with E-state index >= 15 is 0 Å². The highest BCUT2D eigenvalue weighted by Crippen LogP contribution is 2.21. The molecule has 1 amide bonds. The number of rotatable bonds is 6. The number of benzene rings is 2. The average Bonchev–Trinajstić information content (AvgIpc) is 3.19. The summed E-state index contributed by atoms with van der Waals surface area (Å²) in [6.45, 7) is 2.03. The average molecular weight is 367 g/mol. The minimum absolute atomic E-state index is 0.171. The number of anilines is 1. The molecule has 0 radical (unpaired) electrons. The Morgan fingerprint density at radius 3 is 2.37 bits per heavy atom. The molecule has 8 heteroatoms. The summed E-state index contributed by atoms with van der Waals surface area (Å²) in [4.78, 5) is 23.9. The maximum atomic E-state index is 12.3. The maximum absolute atomic E-state index is 12.3. The third kappa shape index (κ3) is 4.30. The molecule has 138 valence electrons. The molecule has 1 heterocycles. The van der Waals surface area contributed by atoms with Crippen LogP contribution in [0.25, 0.3) is 11.5 Å². The van der Waals surface area contributed by atoms with Gasteiger partial charge in [-0.2, -0.15) is 0 Å². The van der Waals surface area contributed by atoms with E-state index < -0.39 is 11.9 Å². The monoisotopic (exact) mass is 367 g/mol. The van der Waals surface area contributed by atoms with E-state index in [1.165, 1.54) is 0 Å². The zero-order valence-electron chi connectivity index (χ0n) is 14.8. The van der Waals surface area contributed by atoms with E-state index in [1.807, 2.05) is 0 Å². The molecular formula is C19H17N3O5. The van der Waals surface area contributed by atoms with Gasteiger partial charge in [-0.3, -0.25) is 4.79 Å². The first-order chi connectivity index (χ1) is 13.1. The molecule has 3 rings (SSSR count). The Kier molecular flexibility index (Phi) is 5.46. The summed E-state index contributed by atoms with van der Waals surface area (Å²) >= 11 is 0. The number of amides is 1. The first kappa shape index (κ1) is 18.1. The van der Waals surface area contributed by atoms with Crippen LogP contribution in [0.3, 0.4) is 0 Å². The molecule has 27 heavy (non-hydrogen) atoms. The molecule has 8 nitrogen and oxygen atoms in total. The normalized spacial score (nSPS) is 10.3. The Bertz CT molecular complexity index is 933.